The molecule has 0 aromatic rings. The second kappa shape index (κ2) is 8.96. The fourth-order valence-electron chi connectivity index (χ4n) is 1.11. The molecule has 22 heavy (non-hydrogen) atoms. The summed E-state index contributed by atoms with van der Waals surface area (Å²) in [5.74, 6) is -8.99. The lowest BCUT2D eigenvalue weighted by Gasteiger charge is -2.25. The zero-order chi connectivity index (χ0) is 18.4. The van der Waals surface area contributed by atoms with E-state index in [9.17, 15) is 35.1 Å². The highest BCUT2D eigenvalue weighted by Crippen LogP contribution is 2.34. The van der Waals surface area contributed by atoms with Crippen LogP contribution in [0.15, 0.2) is 0 Å². The second-order valence-corrected chi connectivity index (χ2v) is 5.06. The fourth-order valence-corrected chi connectivity index (χ4v) is 1.11. The van der Waals surface area contributed by atoms with Gasteiger partial charge < -0.3 is 20.0 Å². The Morgan fingerprint density at radius 3 is 1.27 bits per heavy atom. The topological polar surface area (TPSA) is 89.8 Å². The first-order valence-electron chi connectivity index (χ1n) is 5.30. The van der Waals surface area contributed by atoms with Crippen molar-refractivity contribution in [3.63, 3.8) is 0 Å². The first-order valence-corrected chi connectivity index (χ1v) is 6.87. The highest BCUT2D eigenvalue weighted by atomic mass is 31.2. The van der Waals surface area contributed by atoms with Gasteiger partial charge in [0.2, 0.25) is 0 Å². The van der Waals surface area contributed by atoms with Gasteiger partial charge in [-0.05, 0) is 7.05 Å². The van der Waals surface area contributed by atoms with E-state index in [4.69, 9.17) is 19.2 Å². The molecule has 0 aromatic heterocycles. The lowest BCUT2D eigenvalue weighted by Crippen LogP contribution is -2.42. The summed E-state index contributed by atoms with van der Waals surface area (Å²) < 4.78 is 106. The van der Waals surface area contributed by atoms with Gasteiger partial charge in [-0.1, -0.05) is 0 Å². The predicted octanol–water partition coefficient (Wildman–Crippen LogP) is 2.23. The summed E-state index contributed by atoms with van der Waals surface area (Å²) in [6.45, 7) is 0. The van der Waals surface area contributed by atoms with Gasteiger partial charge in [0, 0.05) is 18.9 Å². The van der Waals surface area contributed by atoms with Crippen LogP contribution in [0.5, 0.6) is 0 Å². The van der Waals surface area contributed by atoms with Crippen molar-refractivity contribution in [3.05, 3.63) is 0 Å². The molecular weight excluding hydrogens is 357 g/mol. The van der Waals surface area contributed by atoms with Gasteiger partial charge in [-0.3, -0.25) is 0 Å². The van der Waals surface area contributed by atoms with Gasteiger partial charge >= 0.3 is 32.5 Å². The Morgan fingerprint density at radius 1 is 0.909 bits per heavy atom. The third-order valence-electron chi connectivity index (χ3n) is 2.08. The van der Waals surface area contributed by atoms with Crippen LogP contribution < -0.4 is 5.32 Å². The fraction of sp³-hybridized carbons (Fsp3) is 1.00. The second-order valence-electron chi connectivity index (χ2n) is 4.03. The molecule has 0 unspecified atom stereocenters. The summed E-state index contributed by atoms with van der Waals surface area (Å²) in [5, 5.41) is 1.90. The summed E-state index contributed by atoms with van der Waals surface area (Å²) in [7, 11) is -3.69. The van der Waals surface area contributed by atoms with Crippen LogP contribution in [-0.2, 0) is 4.57 Å². The minimum atomic E-state index is -4.64. The molecule has 0 saturated heterocycles. The Morgan fingerprint density at radius 2 is 1.14 bits per heavy atom. The zero-order valence-electron chi connectivity index (χ0n) is 10.9. The molecule has 0 bridgehead atoms. The van der Waals surface area contributed by atoms with Crippen molar-refractivity contribution in [2.75, 3.05) is 7.05 Å². The van der Waals surface area contributed by atoms with Crippen LogP contribution >= 0.6 is 7.82 Å². The molecule has 0 atom stereocenters. The van der Waals surface area contributed by atoms with E-state index in [0.717, 1.165) is 7.05 Å². The number of nitrogens with one attached hydrogen (secondary N) is 1. The number of halogens is 8. The van der Waals surface area contributed by atoms with Gasteiger partial charge in [0.1, 0.15) is 0 Å². The van der Waals surface area contributed by atoms with Crippen molar-refractivity contribution in [1.82, 2.24) is 5.32 Å². The summed E-state index contributed by atoms with van der Waals surface area (Å²) in [5.41, 5.74) is 0. The van der Waals surface area contributed by atoms with Crippen LogP contribution in [0, 0.1) is 0 Å². The number of rotatable bonds is 7. The van der Waals surface area contributed by atoms with Crippen molar-refractivity contribution in [3.8, 4) is 0 Å². The van der Waals surface area contributed by atoms with Crippen molar-refractivity contribution < 1.29 is 54.4 Å². The molecule has 14 heteroatoms. The summed E-state index contributed by atoms with van der Waals surface area (Å²) >= 11 is 0. The minimum absolute atomic E-state index is 0.952. The van der Waals surface area contributed by atoms with E-state index in [1.807, 2.05) is 5.32 Å². The average molecular weight is 371 g/mol. The van der Waals surface area contributed by atoms with Crippen LogP contribution in [0.4, 0.5) is 35.1 Å². The molecule has 0 spiro atoms. The van der Waals surface area contributed by atoms with Crippen molar-refractivity contribution in [2.45, 2.75) is 43.6 Å². The van der Waals surface area contributed by atoms with Crippen molar-refractivity contribution in [1.29, 1.82) is 0 Å². The highest BCUT2D eigenvalue weighted by Gasteiger charge is 2.47. The van der Waals surface area contributed by atoms with Crippen LogP contribution in [0.25, 0.3) is 0 Å². The van der Waals surface area contributed by atoms with Crippen molar-refractivity contribution in [2.24, 2.45) is 0 Å². The molecule has 0 rings (SSSR count). The number of hydrogen-bond donors (Lipinski definition) is 4. The Bertz CT molecular complexity index is 334. The summed E-state index contributed by atoms with van der Waals surface area (Å²) in [4.78, 5) is 21.6. The summed E-state index contributed by atoms with van der Waals surface area (Å²) in [6, 6.07) is -1.83. The first-order chi connectivity index (χ1) is 9.53. The lowest BCUT2D eigenvalue weighted by atomic mass is 10.0. The predicted molar refractivity (Wildman–Crippen MR) is 58.2 cm³/mol. The van der Waals surface area contributed by atoms with E-state index in [0.29, 0.717) is 0 Å². The van der Waals surface area contributed by atoms with E-state index in [1.165, 1.54) is 0 Å². The third-order valence-corrected chi connectivity index (χ3v) is 2.08. The molecule has 0 aliphatic heterocycles. The Balaban J connectivity index is 0. The van der Waals surface area contributed by atoms with Crippen LogP contribution in [0.3, 0.4) is 0 Å². The third kappa shape index (κ3) is 12.1. The SMILES string of the molecule is CNC(CC(F)(F)C(F)F)CC(F)(F)C(F)F.O=P(O)(O)O. The highest BCUT2D eigenvalue weighted by molar-refractivity contribution is 7.45. The monoisotopic (exact) mass is 371 g/mol. The molecule has 0 heterocycles. The lowest BCUT2D eigenvalue weighted by molar-refractivity contribution is -0.158. The maximum absolute atomic E-state index is 12.5. The van der Waals surface area contributed by atoms with Crippen molar-refractivity contribution >= 4 is 7.82 Å². The van der Waals surface area contributed by atoms with Gasteiger partial charge in [-0.2, -0.15) is 0 Å². The normalized spacial score (nSPS) is 13.6. The molecule has 4 N–H and O–H groups in total. The van der Waals surface area contributed by atoms with E-state index >= 15 is 0 Å². The largest absolute Gasteiger partial charge is 0.466 e. The molecule has 0 radical (unpaired) electrons. The standard InChI is InChI=1S/C8H11F8N.H3O4P/c1-17-4(2-7(13,14)5(9)10)3-8(15,16)6(11)12;1-5(2,3)4/h4-6,17H,2-3H2,1H3;(H3,1,2,3,4). The molecule has 0 fully saturated rings. The van der Waals surface area contributed by atoms with Gasteiger partial charge in [-0.15, -0.1) is 0 Å². The molecule has 136 valence electrons. The average Bonchev–Trinajstić information content (AvgIpc) is 2.24. The van der Waals surface area contributed by atoms with E-state index in [-0.39, 0.29) is 0 Å². The van der Waals surface area contributed by atoms with Gasteiger partial charge in [0.15, 0.2) is 0 Å². The zero-order valence-corrected chi connectivity index (χ0v) is 11.8. The van der Waals surface area contributed by atoms with Gasteiger partial charge in [0.05, 0.1) is 0 Å². The molecule has 0 saturated carbocycles. The summed E-state index contributed by atoms with van der Waals surface area (Å²) in [6.07, 6.45) is -11.3. The number of alkyl halides is 8. The number of phosphoric acid groups is 1. The van der Waals surface area contributed by atoms with E-state index < -0.39 is 51.4 Å². The van der Waals surface area contributed by atoms with Crippen LogP contribution in [0.2, 0.25) is 0 Å². The Labute approximate surface area is 119 Å². The number of hydrogen-bond acceptors (Lipinski definition) is 2. The van der Waals surface area contributed by atoms with Gasteiger partial charge in [0.25, 0.3) is 0 Å². The van der Waals surface area contributed by atoms with Crippen LogP contribution in [0.1, 0.15) is 12.8 Å². The van der Waals surface area contributed by atoms with E-state index in [2.05, 4.69) is 0 Å². The Hall–Kier alpha value is -0.490. The molecule has 0 aliphatic rings. The maximum Gasteiger partial charge on any atom is 0.466 e. The van der Waals surface area contributed by atoms with E-state index in [1.54, 1.807) is 0 Å². The van der Waals surface area contributed by atoms with Gasteiger partial charge in [-0.25, -0.2) is 39.7 Å². The first kappa shape index (κ1) is 23.8. The molecule has 0 aliphatic carbocycles. The molecule has 0 amide bonds. The molecule has 5 nitrogen and oxygen atoms in total. The quantitative estimate of drug-likeness (QED) is 0.407. The Kier molecular flexibility index (Phi) is 9.69. The maximum atomic E-state index is 12.5. The minimum Gasteiger partial charge on any atom is -0.317 e. The smallest absolute Gasteiger partial charge is 0.317 e. The molecule has 0 aromatic carbocycles. The van der Waals surface area contributed by atoms with Crippen LogP contribution in [-0.4, -0.2) is 52.5 Å². The molecular formula is C8H14F8NO4P.